The zero-order valence-electron chi connectivity index (χ0n) is 26.6. The summed E-state index contributed by atoms with van der Waals surface area (Å²) in [5.41, 5.74) is 8.88. The van der Waals surface area contributed by atoms with Gasteiger partial charge in [0.05, 0.1) is 0 Å². The lowest BCUT2D eigenvalue weighted by molar-refractivity contribution is 0.603. The van der Waals surface area contributed by atoms with Gasteiger partial charge in [0.1, 0.15) is 11.1 Å². The Hall–Kier alpha value is -6.92. The van der Waals surface area contributed by atoms with Crippen LogP contribution in [0.2, 0.25) is 0 Å². The number of nitrogens with zero attached hydrogens (tertiary/aromatic N) is 4. The molecule has 3 heterocycles. The molecule has 0 saturated carbocycles. The van der Waals surface area contributed by atoms with Gasteiger partial charge in [-0.05, 0) is 58.3 Å². The SMILES string of the molecule is c1ccc(-c2nc(-c3ccccc3)nc(-c3ccc(-c4ccc(-c5nc6ccc7c8ccccc8oc7c6o5)cc4)c4ccccc34)n2)cc1. The summed E-state index contributed by atoms with van der Waals surface area (Å²) in [4.78, 5) is 19.7. The third kappa shape index (κ3) is 4.65. The summed E-state index contributed by atoms with van der Waals surface area (Å²) < 4.78 is 12.5. The van der Waals surface area contributed by atoms with E-state index in [0.717, 1.165) is 71.6 Å². The van der Waals surface area contributed by atoms with E-state index < -0.39 is 0 Å². The molecular weight excluding hydrogens is 617 g/mol. The minimum Gasteiger partial charge on any atom is -0.452 e. The minimum absolute atomic E-state index is 0.554. The Morgan fingerprint density at radius 3 is 1.58 bits per heavy atom. The number of oxazole rings is 1. The molecule has 6 nitrogen and oxygen atoms in total. The zero-order chi connectivity index (χ0) is 33.0. The molecule has 6 heteroatoms. The van der Waals surface area contributed by atoms with Gasteiger partial charge in [0, 0.05) is 33.0 Å². The molecule has 0 aliphatic rings. The fraction of sp³-hybridized carbons (Fsp3) is 0. The van der Waals surface area contributed by atoms with Crippen molar-refractivity contribution in [2.24, 2.45) is 0 Å². The van der Waals surface area contributed by atoms with E-state index in [9.17, 15) is 0 Å². The summed E-state index contributed by atoms with van der Waals surface area (Å²) in [6.45, 7) is 0. The molecule has 0 bridgehead atoms. The van der Waals surface area contributed by atoms with Gasteiger partial charge in [-0.2, -0.15) is 0 Å². The topological polar surface area (TPSA) is 77.8 Å². The molecule has 7 aromatic carbocycles. The van der Waals surface area contributed by atoms with Crippen molar-refractivity contribution in [2.75, 3.05) is 0 Å². The number of para-hydroxylation sites is 1. The molecule has 10 aromatic rings. The van der Waals surface area contributed by atoms with Crippen molar-refractivity contribution >= 4 is 43.8 Å². The number of benzene rings is 7. The molecule has 0 amide bonds. The van der Waals surface area contributed by atoms with Crippen LogP contribution >= 0.6 is 0 Å². The van der Waals surface area contributed by atoms with E-state index in [4.69, 9.17) is 28.8 Å². The predicted molar refractivity (Wildman–Crippen MR) is 199 cm³/mol. The summed E-state index contributed by atoms with van der Waals surface area (Å²) in [6, 6.07) is 53.2. The largest absolute Gasteiger partial charge is 0.452 e. The third-order valence-corrected chi connectivity index (χ3v) is 9.21. The van der Waals surface area contributed by atoms with Gasteiger partial charge in [-0.15, -0.1) is 0 Å². The first-order valence-electron chi connectivity index (χ1n) is 16.5. The maximum Gasteiger partial charge on any atom is 0.227 e. The lowest BCUT2D eigenvalue weighted by Crippen LogP contribution is -2.00. The summed E-state index contributed by atoms with van der Waals surface area (Å²) in [6.07, 6.45) is 0. The number of fused-ring (bicyclic) bond motifs is 6. The molecule has 0 saturated heterocycles. The molecule has 50 heavy (non-hydrogen) atoms. The summed E-state index contributed by atoms with van der Waals surface area (Å²) in [5.74, 6) is 2.46. The van der Waals surface area contributed by atoms with Crippen molar-refractivity contribution in [3.63, 3.8) is 0 Å². The molecule has 0 aliphatic carbocycles. The first-order valence-corrected chi connectivity index (χ1v) is 16.5. The Kier molecular flexibility index (Phi) is 6.39. The average molecular weight is 643 g/mol. The third-order valence-electron chi connectivity index (χ3n) is 9.21. The molecule has 0 N–H and O–H groups in total. The fourth-order valence-corrected chi connectivity index (χ4v) is 6.76. The van der Waals surface area contributed by atoms with Crippen LogP contribution < -0.4 is 0 Å². The molecule has 3 aromatic heterocycles. The van der Waals surface area contributed by atoms with E-state index in [2.05, 4.69) is 72.8 Å². The second-order valence-corrected chi connectivity index (χ2v) is 12.2. The fourth-order valence-electron chi connectivity index (χ4n) is 6.76. The molecule has 234 valence electrons. The van der Waals surface area contributed by atoms with Crippen LogP contribution in [0.25, 0.3) is 101 Å². The Bertz CT molecular complexity index is 2800. The average Bonchev–Trinajstić information content (AvgIpc) is 3.80. The van der Waals surface area contributed by atoms with Crippen LogP contribution in [0.4, 0.5) is 0 Å². The van der Waals surface area contributed by atoms with Crippen molar-refractivity contribution in [2.45, 2.75) is 0 Å². The van der Waals surface area contributed by atoms with Crippen LogP contribution in [0.1, 0.15) is 0 Å². The van der Waals surface area contributed by atoms with Gasteiger partial charge in [0.2, 0.25) is 5.89 Å². The first-order chi connectivity index (χ1) is 24.8. The number of hydrogen-bond acceptors (Lipinski definition) is 6. The molecule has 0 spiro atoms. The van der Waals surface area contributed by atoms with E-state index in [-0.39, 0.29) is 0 Å². The van der Waals surface area contributed by atoms with E-state index in [1.54, 1.807) is 0 Å². The highest BCUT2D eigenvalue weighted by molar-refractivity contribution is 6.13. The quantitative estimate of drug-likeness (QED) is 0.186. The van der Waals surface area contributed by atoms with Gasteiger partial charge in [0.25, 0.3) is 0 Å². The molecule has 10 rings (SSSR count). The van der Waals surface area contributed by atoms with Gasteiger partial charge in [-0.3, -0.25) is 0 Å². The van der Waals surface area contributed by atoms with Gasteiger partial charge in [-0.1, -0.05) is 121 Å². The lowest BCUT2D eigenvalue weighted by atomic mass is 9.94. The Labute approximate surface area is 286 Å². The van der Waals surface area contributed by atoms with Crippen LogP contribution in [-0.4, -0.2) is 19.9 Å². The summed E-state index contributed by atoms with van der Waals surface area (Å²) in [5, 5.41) is 4.25. The van der Waals surface area contributed by atoms with Crippen molar-refractivity contribution < 1.29 is 8.83 Å². The number of rotatable bonds is 5. The Morgan fingerprint density at radius 2 is 0.880 bits per heavy atom. The normalized spacial score (nSPS) is 11.6. The van der Waals surface area contributed by atoms with Gasteiger partial charge in [0.15, 0.2) is 28.6 Å². The summed E-state index contributed by atoms with van der Waals surface area (Å²) >= 11 is 0. The van der Waals surface area contributed by atoms with E-state index in [0.29, 0.717) is 28.9 Å². The highest BCUT2D eigenvalue weighted by Crippen LogP contribution is 2.38. The smallest absolute Gasteiger partial charge is 0.227 e. The maximum atomic E-state index is 6.34. The zero-order valence-corrected chi connectivity index (χ0v) is 26.6. The van der Waals surface area contributed by atoms with Gasteiger partial charge in [-0.25, -0.2) is 19.9 Å². The van der Waals surface area contributed by atoms with Crippen LogP contribution in [0.5, 0.6) is 0 Å². The number of aromatic nitrogens is 4. The standard InChI is InChI=1S/C44H26N4O2/c1-3-11-28(12-4-1)41-46-42(29-13-5-2-6-14-29)48-43(47-41)36-24-23-31(32-15-7-8-16-33(32)36)27-19-21-30(22-20-27)44-45-37-26-25-35-34-17-9-10-18-38(34)49-39(35)40(37)50-44/h1-26H. The van der Waals surface area contributed by atoms with Crippen LogP contribution in [0, 0.1) is 0 Å². The van der Waals surface area contributed by atoms with Crippen LogP contribution in [-0.2, 0) is 0 Å². The number of hydrogen-bond donors (Lipinski definition) is 0. The monoisotopic (exact) mass is 642 g/mol. The van der Waals surface area contributed by atoms with Crippen molar-refractivity contribution in [3.8, 4) is 56.7 Å². The van der Waals surface area contributed by atoms with Gasteiger partial charge < -0.3 is 8.83 Å². The molecule has 0 fully saturated rings. The minimum atomic E-state index is 0.554. The second kappa shape index (κ2) is 11.4. The van der Waals surface area contributed by atoms with Crippen molar-refractivity contribution in [3.05, 3.63) is 158 Å². The molecular formula is C44H26N4O2. The van der Waals surface area contributed by atoms with Crippen LogP contribution in [0.3, 0.4) is 0 Å². The predicted octanol–water partition coefficient (Wildman–Crippen LogP) is 11.4. The van der Waals surface area contributed by atoms with E-state index >= 15 is 0 Å². The van der Waals surface area contributed by atoms with E-state index in [1.165, 1.54) is 0 Å². The highest BCUT2D eigenvalue weighted by atomic mass is 16.4. The molecule has 0 aliphatic heterocycles. The lowest BCUT2D eigenvalue weighted by Gasteiger charge is -2.13. The molecule has 0 atom stereocenters. The molecule has 0 unspecified atom stereocenters. The van der Waals surface area contributed by atoms with Gasteiger partial charge >= 0.3 is 0 Å². The number of furan rings is 1. The Morgan fingerprint density at radius 1 is 0.320 bits per heavy atom. The van der Waals surface area contributed by atoms with E-state index in [1.807, 2.05) is 84.9 Å². The van der Waals surface area contributed by atoms with Crippen molar-refractivity contribution in [1.82, 2.24) is 19.9 Å². The summed E-state index contributed by atoms with van der Waals surface area (Å²) in [7, 11) is 0. The van der Waals surface area contributed by atoms with Crippen molar-refractivity contribution in [1.29, 1.82) is 0 Å². The van der Waals surface area contributed by atoms with Crippen LogP contribution in [0.15, 0.2) is 167 Å². The Balaban J connectivity index is 1.05. The maximum absolute atomic E-state index is 6.34. The second-order valence-electron chi connectivity index (χ2n) is 12.2. The molecule has 0 radical (unpaired) electrons. The first kappa shape index (κ1) is 28.1. The highest BCUT2D eigenvalue weighted by Gasteiger charge is 2.18.